The standard InChI is InChI=1S/C16H14F4.2CH4/c1-3-4-10-5-9(2)15(12(17)6-10)11-7-13(18)16(20)14(19)8-11;;/h5-8H,3-4H2,1-2H3;2*1H4. The Bertz CT molecular complexity index is 602. The van der Waals surface area contributed by atoms with Crippen LogP contribution in [-0.4, -0.2) is 0 Å². The molecule has 0 radical (unpaired) electrons. The average Bonchev–Trinajstić information content (AvgIpc) is 2.35. The van der Waals surface area contributed by atoms with Gasteiger partial charge in [-0.15, -0.1) is 0 Å². The van der Waals surface area contributed by atoms with Crippen LogP contribution in [0.15, 0.2) is 24.3 Å². The van der Waals surface area contributed by atoms with E-state index in [9.17, 15) is 17.6 Å². The van der Waals surface area contributed by atoms with E-state index in [0.29, 0.717) is 5.56 Å². The summed E-state index contributed by atoms with van der Waals surface area (Å²) in [6, 6.07) is 4.75. The van der Waals surface area contributed by atoms with Gasteiger partial charge >= 0.3 is 0 Å². The van der Waals surface area contributed by atoms with Gasteiger partial charge in [-0.2, -0.15) is 0 Å². The molecule has 0 N–H and O–H groups in total. The van der Waals surface area contributed by atoms with E-state index in [1.54, 1.807) is 13.0 Å². The van der Waals surface area contributed by atoms with E-state index in [1.807, 2.05) is 6.92 Å². The molecule has 0 heterocycles. The Morgan fingerprint density at radius 2 is 1.36 bits per heavy atom. The van der Waals surface area contributed by atoms with Crippen LogP contribution < -0.4 is 0 Å². The molecule has 0 aliphatic rings. The van der Waals surface area contributed by atoms with Crippen molar-refractivity contribution in [1.82, 2.24) is 0 Å². The predicted molar refractivity (Wildman–Crippen MR) is 83.9 cm³/mol. The molecule has 0 amide bonds. The number of aryl methyl sites for hydroxylation is 2. The van der Waals surface area contributed by atoms with Gasteiger partial charge in [0.25, 0.3) is 0 Å². The molecule has 22 heavy (non-hydrogen) atoms. The molecule has 0 aromatic heterocycles. The Morgan fingerprint density at radius 3 is 1.82 bits per heavy atom. The first-order chi connectivity index (χ1) is 9.43. The second-order valence-corrected chi connectivity index (χ2v) is 4.77. The van der Waals surface area contributed by atoms with Crippen molar-refractivity contribution in [3.8, 4) is 11.1 Å². The van der Waals surface area contributed by atoms with Gasteiger partial charge in [-0.3, -0.25) is 0 Å². The third kappa shape index (κ3) is 3.87. The average molecular weight is 314 g/mol. The zero-order valence-electron chi connectivity index (χ0n) is 11.2. The molecule has 0 nitrogen and oxygen atoms in total. The van der Waals surface area contributed by atoms with Crippen LogP contribution in [0, 0.1) is 30.2 Å². The fraction of sp³-hybridized carbons (Fsp3) is 0.333. The zero-order chi connectivity index (χ0) is 14.9. The Kier molecular flexibility index (Phi) is 7.30. The lowest BCUT2D eigenvalue weighted by atomic mass is 9.96. The second kappa shape index (κ2) is 7.97. The summed E-state index contributed by atoms with van der Waals surface area (Å²) in [6.07, 6.45) is 1.60. The van der Waals surface area contributed by atoms with E-state index in [4.69, 9.17) is 0 Å². The molecule has 2 aromatic rings. The van der Waals surface area contributed by atoms with Crippen LogP contribution in [0.4, 0.5) is 17.6 Å². The minimum Gasteiger partial charge on any atom is -0.206 e. The molecule has 2 rings (SSSR count). The van der Waals surface area contributed by atoms with Gasteiger partial charge in [0.2, 0.25) is 0 Å². The first kappa shape index (κ1) is 20.2. The van der Waals surface area contributed by atoms with Crippen LogP contribution in [0.25, 0.3) is 11.1 Å². The third-order valence-electron chi connectivity index (χ3n) is 3.16. The topological polar surface area (TPSA) is 0 Å². The molecule has 0 aliphatic carbocycles. The molecular formula is C18H22F4. The summed E-state index contributed by atoms with van der Waals surface area (Å²) in [5.74, 6) is -4.75. The van der Waals surface area contributed by atoms with E-state index in [-0.39, 0.29) is 26.0 Å². The van der Waals surface area contributed by atoms with Crippen molar-refractivity contribution in [2.75, 3.05) is 0 Å². The summed E-state index contributed by atoms with van der Waals surface area (Å²) in [5, 5.41) is 0. The third-order valence-corrected chi connectivity index (χ3v) is 3.16. The van der Waals surface area contributed by atoms with Crippen LogP contribution in [0.3, 0.4) is 0 Å². The van der Waals surface area contributed by atoms with Crippen molar-refractivity contribution in [3.05, 3.63) is 58.7 Å². The highest BCUT2D eigenvalue weighted by Crippen LogP contribution is 2.30. The molecule has 0 unspecified atom stereocenters. The summed E-state index contributed by atoms with van der Waals surface area (Å²) in [6.45, 7) is 3.64. The molecule has 0 fully saturated rings. The summed E-state index contributed by atoms with van der Waals surface area (Å²) >= 11 is 0. The van der Waals surface area contributed by atoms with Gasteiger partial charge in [-0.05, 0) is 48.2 Å². The van der Waals surface area contributed by atoms with Gasteiger partial charge < -0.3 is 0 Å². The molecule has 0 spiro atoms. The normalized spacial score (nSPS) is 9.91. The minimum atomic E-state index is -1.55. The summed E-state index contributed by atoms with van der Waals surface area (Å²) in [5.41, 5.74) is 1.50. The van der Waals surface area contributed by atoms with Crippen molar-refractivity contribution in [2.24, 2.45) is 0 Å². The van der Waals surface area contributed by atoms with E-state index >= 15 is 0 Å². The Morgan fingerprint density at radius 1 is 0.818 bits per heavy atom. The molecule has 0 saturated heterocycles. The number of hydrogen-bond donors (Lipinski definition) is 0. The van der Waals surface area contributed by atoms with Gasteiger partial charge in [0, 0.05) is 5.56 Å². The van der Waals surface area contributed by atoms with Gasteiger partial charge in [-0.1, -0.05) is 34.3 Å². The van der Waals surface area contributed by atoms with Crippen molar-refractivity contribution in [1.29, 1.82) is 0 Å². The van der Waals surface area contributed by atoms with Crippen molar-refractivity contribution in [2.45, 2.75) is 41.5 Å². The minimum absolute atomic E-state index is 0. The van der Waals surface area contributed by atoms with Crippen molar-refractivity contribution >= 4 is 0 Å². The quantitative estimate of drug-likeness (QED) is 0.451. The Labute approximate surface area is 129 Å². The van der Waals surface area contributed by atoms with Gasteiger partial charge in [0.1, 0.15) is 5.82 Å². The van der Waals surface area contributed by atoms with Crippen molar-refractivity contribution < 1.29 is 17.6 Å². The number of rotatable bonds is 3. The molecular weight excluding hydrogens is 292 g/mol. The van der Waals surface area contributed by atoms with Crippen molar-refractivity contribution in [3.63, 3.8) is 0 Å². The number of halogens is 4. The van der Waals surface area contributed by atoms with Gasteiger partial charge in [0.05, 0.1) is 0 Å². The molecule has 4 heteroatoms. The highest BCUT2D eigenvalue weighted by Gasteiger charge is 2.16. The zero-order valence-corrected chi connectivity index (χ0v) is 11.2. The highest BCUT2D eigenvalue weighted by atomic mass is 19.2. The molecule has 0 saturated carbocycles. The van der Waals surface area contributed by atoms with E-state index in [0.717, 1.165) is 30.5 Å². The Hall–Kier alpha value is -1.84. The van der Waals surface area contributed by atoms with Crippen LogP contribution >= 0.6 is 0 Å². The second-order valence-electron chi connectivity index (χ2n) is 4.77. The highest BCUT2D eigenvalue weighted by molar-refractivity contribution is 5.68. The molecule has 0 bridgehead atoms. The van der Waals surface area contributed by atoms with Crippen LogP contribution in [0.1, 0.15) is 39.3 Å². The maximum absolute atomic E-state index is 14.1. The van der Waals surface area contributed by atoms with Crippen LogP contribution in [0.2, 0.25) is 0 Å². The largest absolute Gasteiger partial charge is 0.206 e. The number of hydrogen-bond acceptors (Lipinski definition) is 0. The molecule has 2 aromatic carbocycles. The summed E-state index contributed by atoms with van der Waals surface area (Å²) < 4.78 is 53.6. The summed E-state index contributed by atoms with van der Waals surface area (Å²) in [7, 11) is 0. The molecule has 122 valence electrons. The number of benzene rings is 2. The summed E-state index contributed by atoms with van der Waals surface area (Å²) in [4.78, 5) is 0. The van der Waals surface area contributed by atoms with E-state index in [2.05, 4.69) is 0 Å². The lowest BCUT2D eigenvalue weighted by molar-refractivity contribution is 0.447. The first-order valence-corrected chi connectivity index (χ1v) is 6.38. The van der Waals surface area contributed by atoms with E-state index < -0.39 is 23.3 Å². The van der Waals surface area contributed by atoms with E-state index in [1.165, 1.54) is 6.07 Å². The fourth-order valence-corrected chi connectivity index (χ4v) is 2.31. The fourth-order valence-electron chi connectivity index (χ4n) is 2.31. The van der Waals surface area contributed by atoms with Gasteiger partial charge in [0.15, 0.2) is 17.5 Å². The molecule has 0 aliphatic heterocycles. The van der Waals surface area contributed by atoms with Crippen LogP contribution in [-0.2, 0) is 6.42 Å². The Balaban J connectivity index is 0.00000220. The maximum atomic E-state index is 14.1. The first-order valence-electron chi connectivity index (χ1n) is 6.38. The molecule has 0 atom stereocenters. The lowest BCUT2D eigenvalue weighted by Crippen LogP contribution is -1.97. The van der Waals surface area contributed by atoms with Gasteiger partial charge in [-0.25, -0.2) is 17.6 Å². The predicted octanol–water partition coefficient (Wildman–Crippen LogP) is 6.44. The maximum Gasteiger partial charge on any atom is 0.194 e. The van der Waals surface area contributed by atoms with Crippen LogP contribution in [0.5, 0.6) is 0 Å². The lowest BCUT2D eigenvalue weighted by Gasteiger charge is -2.11. The smallest absolute Gasteiger partial charge is 0.194 e. The monoisotopic (exact) mass is 314 g/mol. The SMILES string of the molecule is C.C.CCCc1cc(C)c(-c2cc(F)c(F)c(F)c2)c(F)c1.